The largest absolute Gasteiger partial charge is 0.324 e. The summed E-state index contributed by atoms with van der Waals surface area (Å²) < 4.78 is 0. The van der Waals surface area contributed by atoms with Gasteiger partial charge in [0.25, 0.3) is 0 Å². The van der Waals surface area contributed by atoms with Crippen LogP contribution >= 0.6 is 0 Å². The number of benzene rings is 1. The van der Waals surface area contributed by atoms with Crippen molar-refractivity contribution in [2.24, 2.45) is 5.73 Å². The molecule has 1 aromatic carbocycles. The van der Waals surface area contributed by atoms with E-state index in [1.807, 2.05) is 0 Å². The molecule has 1 atom stereocenters. The lowest BCUT2D eigenvalue weighted by Crippen LogP contribution is -2.13. The summed E-state index contributed by atoms with van der Waals surface area (Å²) in [4.78, 5) is 0. The van der Waals surface area contributed by atoms with Crippen LogP contribution in [0.1, 0.15) is 48.1 Å². The molecule has 1 nitrogen and oxygen atoms in total. The van der Waals surface area contributed by atoms with Gasteiger partial charge in [-0.1, -0.05) is 31.0 Å². The molecule has 0 bridgehead atoms. The fourth-order valence-electron chi connectivity index (χ4n) is 2.23. The van der Waals surface area contributed by atoms with E-state index in [1.165, 1.54) is 22.3 Å². The van der Waals surface area contributed by atoms with Gasteiger partial charge >= 0.3 is 0 Å². The molecule has 0 aromatic heterocycles. The van der Waals surface area contributed by atoms with Gasteiger partial charge in [-0.15, -0.1) is 0 Å². The van der Waals surface area contributed by atoms with E-state index in [4.69, 9.17) is 5.73 Å². The van der Waals surface area contributed by atoms with Crippen LogP contribution in [-0.4, -0.2) is 0 Å². The van der Waals surface area contributed by atoms with Crippen LogP contribution in [0.15, 0.2) is 12.1 Å². The second-order valence-electron chi connectivity index (χ2n) is 4.21. The minimum absolute atomic E-state index is 0.209. The molecule has 14 heavy (non-hydrogen) atoms. The summed E-state index contributed by atoms with van der Waals surface area (Å²) in [5, 5.41) is 0. The van der Waals surface area contributed by atoms with Crippen molar-refractivity contribution in [1.29, 1.82) is 0 Å². The molecule has 0 aliphatic carbocycles. The minimum atomic E-state index is 0.209. The van der Waals surface area contributed by atoms with Crippen LogP contribution < -0.4 is 5.73 Å². The number of aryl methyl sites for hydroxylation is 3. The number of rotatable bonds is 3. The third-order valence-corrected chi connectivity index (χ3v) is 2.71. The Bertz CT molecular complexity index is 292. The molecule has 0 unspecified atom stereocenters. The van der Waals surface area contributed by atoms with E-state index < -0.39 is 0 Å². The van der Waals surface area contributed by atoms with Crippen molar-refractivity contribution in [2.45, 2.75) is 46.6 Å². The van der Waals surface area contributed by atoms with Gasteiger partial charge < -0.3 is 5.73 Å². The monoisotopic (exact) mass is 191 g/mol. The Hall–Kier alpha value is -0.820. The summed E-state index contributed by atoms with van der Waals surface area (Å²) in [6, 6.07) is 4.65. The Morgan fingerprint density at radius 2 is 1.64 bits per heavy atom. The van der Waals surface area contributed by atoms with Crippen molar-refractivity contribution in [2.75, 3.05) is 0 Å². The summed E-state index contributed by atoms with van der Waals surface area (Å²) >= 11 is 0. The molecule has 0 aliphatic rings. The van der Waals surface area contributed by atoms with E-state index in [9.17, 15) is 0 Å². The molecule has 1 aromatic rings. The maximum atomic E-state index is 6.16. The van der Waals surface area contributed by atoms with E-state index in [1.54, 1.807) is 0 Å². The molecule has 1 rings (SSSR count). The van der Waals surface area contributed by atoms with Gasteiger partial charge in [-0.3, -0.25) is 0 Å². The Balaban J connectivity index is 3.07. The van der Waals surface area contributed by atoms with Crippen molar-refractivity contribution in [3.05, 3.63) is 34.4 Å². The number of hydrogen-bond acceptors (Lipinski definition) is 1. The van der Waals surface area contributed by atoms with Crippen LogP contribution in [0.4, 0.5) is 0 Å². The Morgan fingerprint density at radius 3 is 2.07 bits per heavy atom. The van der Waals surface area contributed by atoms with Crippen molar-refractivity contribution >= 4 is 0 Å². The average Bonchev–Trinajstić information content (AvgIpc) is 2.01. The third kappa shape index (κ3) is 2.36. The van der Waals surface area contributed by atoms with Gasteiger partial charge in [0, 0.05) is 6.04 Å². The molecule has 2 N–H and O–H groups in total. The van der Waals surface area contributed by atoms with E-state index in [0.717, 1.165) is 12.8 Å². The standard InChI is InChI=1S/C13H21N/c1-5-6-12(14)13-10(3)7-9(2)8-11(13)4/h7-8,12H,5-6,14H2,1-4H3/t12-/m0/s1. The van der Waals surface area contributed by atoms with Crippen molar-refractivity contribution in [3.63, 3.8) is 0 Å². The molecular formula is C13H21N. The molecule has 0 radical (unpaired) electrons. The van der Waals surface area contributed by atoms with Crippen LogP contribution in [0.2, 0.25) is 0 Å². The SMILES string of the molecule is CCC[C@H](N)c1c(C)cc(C)cc1C. The lowest BCUT2D eigenvalue weighted by atomic mass is 9.92. The van der Waals surface area contributed by atoms with Crippen LogP contribution in [0.25, 0.3) is 0 Å². The fourth-order valence-corrected chi connectivity index (χ4v) is 2.23. The highest BCUT2D eigenvalue weighted by Gasteiger charge is 2.10. The van der Waals surface area contributed by atoms with Crippen molar-refractivity contribution in [1.82, 2.24) is 0 Å². The molecule has 0 saturated heterocycles. The zero-order valence-corrected chi connectivity index (χ0v) is 9.72. The number of nitrogens with two attached hydrogens (primary N) is 1. The lowest BCUT2D eigenvalue weighted by molar-refractivity contribution is 0.631. The first-order valence-electron chi connectivity index (χ1n) is 5.39. The van der Waals surface area contributed by atoms with Gasteiger partial charge in [0.1, 0.15) is 0 Å². The lowest BCUT2D eigenvalue weighted by Gasteiger charge is -2.17. The summed E-state index contributed by atoms with van der Waals surface area (Å²) in [7, 11) is 0. The predicted octanol–water partition coefficient (Wildman–Crippen LogP) is 3.41. The van der Waals surface area contributed by atoms with Crippen LogP contribution in [0, 0.1) is 20.8 Å². The van der Waals surface area contributed by atoms with Gasteiger partial charge in [0.05, 0.1) is 0 Å². The first kappa shape index (κ1) is 11.3. The highest BCUT2D eigenvalue weighted by Crippen LogP contribution is 2.24. The van der Waals surface area contributed by atoms with Crippen LogP contribution in [-0.2, 0) is 0 Å². The number of hydrogen-bond donors (Lipinski definition) is 1. The maximum absolute atomic E-state index is 6.16. The average molecular weight is 191 g/mol. The van der Waals surface area contributed by atoms with Crippen molar-refractivity contribution < 1.29 is 0 Å². The second kappa shape index (κ2) is 4.61. The topological polar surface area (TPSA) is 26.0 Å². The van der Waals surface area contributed by atoms with E-state index in [2.05, 4.69) is 39.8 Å². The Morgan fingerprint density at radius 1 is 1.14 bits per heavy atom. The van der Waals surface area contributed by atoms with Gasteiger partial charge in [-0.05, 0) is 43.9 Å². The van der Waals surface area contributed by atoms with Gasteiger partial charge in [-0.25, -0.2) is 0 Å². The first-order chi connectivity index (χ1) is 6.56. The summed E-state index contributed by atoms with van der Waals surface area (Å²) in [5.74, 6) is 0. The molecule has 0 heterocycles. The molecular weight excluding hydrogens is 170 g/mol. The summed E-state index contributed by atoms with van der Waals surface area (Å²) in [5.41, 5.74) is 11.5. The van der Waals surface area contributed by atoms with Crippen molar-refractivity contribution in [3.8, 4) is 0 Å². The van der Waals surface area contributed by atoms with Gasteiger partial charge in [0.15, 0.2) is 0 Å². The molecule has 0 aliphatic heterocycles. The fraction of sp³-hybridized carbons (Fsp3) is 0.538. The Labute approximate surface area is 87.3 Å². The highest BCUT2D eigenvalue weighted by molar-refractivity contribution is 5.39. The normalized spacial score (nSPS) is 12.9. The first-order valence-corrected chi connectivity index (χ1v) is 5.39. The van der Waals surface area contributed by atoms with Gasteiger partial charge in [0.2, 0.25) is 0 Å². The highest BCUT2D eigenvalue weighted by atomic mass is 14.6. The zero-order valence-electron chi connectivity index (χ0n) is 9.72. The minimum Gasteiger partial charge on any atom is -0.324 e. The van der Waals surface area contributed by atoms with Gasteiger partial charge in [-0.2, -0.15) is 0 Å². The second-order valence-corrected chi connectivity index (χ2v) is 4.21. The zero-order chi connectivity index (χ0) is 10.7. The molecule has 0 spiro atoms. The third-order valence-electron chi connectivity index (χ3n) is 2.71. The Kier molecular flexibility index (Phi) is 3.70. The van der Waals surface area contributed by atoms with E-state index >= 15 is 0 Å². The van der Waals surface area contributed by atoms with E-state index in [-0.39, 0.29) is 6.04 Å². The van der Waals surface area contributed by atoms with E-state index in [0.29, 0.717) is 0 Å². The molecule has 0 amide bonds. The smallest absolute Gasteiger partial charge is 0.0300 e. The maximum Gasteiger partial charge on any atom is 0.0300 e. The molecule has 0 saturated carbocycles. The summed E-state index contributed by atoms with van der Waals surface area (Å²) in [6.07, 6.45) is 2.22. The van der Waals surface area contributed by atoms with Crippen LogP contribution in [0.3, 0.4) is 0 Å². The predicted molar refractivity (Wildman–Crippen MR) is 62.5 cm³/mol. The summed E-state index contributed by atoms with van der Waals surface area (Å²) in [6.45, 7) is 8.63. The molecule has 78 valence electrons. The quantitative estimate of drug-likeness (QED) is 0.778. The molecule has 0 fully saturated rings. The van der Waals surface area contributed by atoms with Crippen LogP contribution in [0.5, 0.6) is 0 Å². The molecule has 1 heteroatoms.